The van der Waals surface area contributed by atoms with Crippen LogP contribution in [0.15, 0.2) is 15.9 Å². The van der Waals surface area contributed by atoms with Crippen molar-refractivity contribution in [3.63, 3.8) is 0 Å². The highest BCUT2D eigenvalue weighted by molar-refractivity contribution is 9.10. The molecule has 102 valence electrons. The number of ether oxygens (including phenoxy) is 1. The molecule has 0 radical (unpaired) electrons. The molecule has 18 heavy (non-hydrogen) atoms. The molecule has 0 spiro atoms. The van der Waals surface area contributed by atoms with Gasteiger partial charge in [0, 0.05) is 40.0 Å². The minimum atomic E-state index is 0.128. The van der Waals surface area contributed by atoms with Crippen LogP contribution in [0.3, 0.4) is 0 Å². The minimum Gasteiger partial charge on any atom is -0.381 e. The monoisotopic (exact) mass is 332 g/mol. The second-order valence-electron chi connectivity index (χ2n) is 4.98. The zero-order valence-electron chi connectivity index (χ0n) is 10.9. The molecular formula is C13H21BrN2OS. The summed E-state index contributed by atoms with van der Waals surface area (Å²) < 4.78 is 6.58. The van der Waals surface area contributed by atoms with E-state index in [2.05, 4.69) is 46.2 Å². The Bertz CT molecular complexity index is 377. The van der Waals surface area contributed by atoms with E-state index >= 15 is 0 Å². The van der Waals surface area contributed by atoms with Gasteiger partial charge in [0.25, 0.3) is 0 Å². The maximum atomic E-state index is 6.20. The lowest BCUT2D eigenvalue weighted by molar-refractivity contribution is 0.0252. The summed E-state index contributed by atoms with van der Waals surface area (Å²) in [6.07, 6.45) is 2.21. The molecule has 3 nitrogen and oxygen atoms in total. The summed E-state index contributed by atoms with van der Waals surface area (Å²) in [5.74, 6) is 0. The number of hydrogen-bond donors (Lipinski definition) is 1. The summed E-state index contributed by atoms with van der Waals surface area (Å²) in [6.45, 7) is 3.83. The van der Waals surface area contributed by atoms with E-state index in [0.29, 0.717) is 12.1 Å². The van der Waals surface area contributed by atoms with Gasteiger partial charge >= 0.3 is 0 Å². The van der Waals surface area contributed by atoms with E-state index < -0.39 is 0 Å². The fraction of sp³-hybridized carbons (Fsp3) is 0.692. The number of nitrogens with zero attached hydrogens (tertiary/aromatic N) is 1. The first-order chi connectivity index (χ1) is 8.59. The molecule has 1 aliphatic rings. The van der Waals surface area contributed by atoms with E-state index in [1.807, 2.05) is 0 Å². The summed E-state index contributed by atoms with van der Waals surface area (Å²) in [7, 11) is 2.19. The molecule has 0 saturated carbocycles. The summed E-state index contributed by atoms with van der Waals surface area (Å²) >= 11 is 5.30. The van der Waals surface area contributed by atoms with Crippen LogP contribution in [0, 0.1) is 0 Å². The maximum absolute atomic E-state index is 6.20. The Morgan fingerprint density at radius 2 is 2.17 bits per heavy atom. The van der Waals surface area contributed by atoms with Gasteiger partial charge in [0.1, 0.15) is 0 Å². The predicted octanol–water partition coefficient (Wildman–Crippen LogP) is 3.01. The van der Waals surface area contributed by atoms with Crippen molar-refractivity contribution in [3.8, 4) is 0 Å². The van der Waals surface area contributed by atoms with Crippen LogP contribution in [0.4, 0.5) is 0 Å². The third kappa shape index (κ3) is 3.33. The van der Waals surface area contributed by atoms with Crippen LogP contribution in [0.2, 0.25) is 0 Å². The Morgan fingerprint density at radius 1 is 1.50 bits per heavy atom. The third-order valence-corrected chi connectivity index (χ3v) is 5.35. The molecule has 1 aromatic heterocycles. The summed E-state index contributed by atoms with van der Waals surface area (Å²) in [4.78, 5) is 3.77. The van der Waals surface area contributed by atoms with Crippen LogP contribution in [0.1, 0.15) is 30.7 Å². The van der Waals surface area contributed by atoms with Gasteiger partial charge < -0.3 is 10.5 Å². The van der Waals surface area contributed by atoms with Crippen molar-refractivity contribution in [1.82, 2.24) is 4.90 Å². The Hall–Kier alpha value is 0.0600. The fourth-order valence-corrected chi connectivity index (χ4v) is 4.34. The smallest absolute Gasteiger partial charge is 0.0591 e. The normalized spacial score (nSPS) is 21.2. The molecule has 2 N–H and O–H groups in total. The van der Waals surface area contributed by atoms with Gasteiger partial charge in [0.05, 0.1) is 6.04 Å². The van der Waals surface area contributed by atoms with Gasteiger partial charge in [-0.15, -0.1) is 11.3 Å². The second-order valence-corrected chi connectivity index (χ2v) is 6.84. The van der Waals surface area contributed by atoms with Crippen LogP contribution in [0.25, 0.3) is 0 Å². The number of thiophene rings is 1. The van der Waals surface area contributed by atoms with Crippen molar-refractivity contribution in [2.75, 3.05) is 20.3 Å². The molecule has 0 amide bonds. The maximum Gasteiger partial charge on any atom is 0.0591 e. The predicted molar refractivity (Wildman–Crippen MR) is 80.0 cm³/mol. The lowest BCUT2D eigenvalue weighted by Gasteiger charge is -2.38. The fourth-order valence-electron chi connectivity index (χ4n) is 2.63. The number of hydrogen-bond acceptors (Lipinski definition) is 4. The van der Waals surface area contributed by atoms with Crippen LogP contribution >= 0.6 is 27.3 Å². The number of rotatable bonds is 4. The van der Waals surface area contributed by atoms with E-state index in [-0.39, 0.29) is 6.04 Å². The van der Waals surface area contributed by atoms with Crippen LogP contribution in [0.5, 0.6) is 0 Å². The van der Waals surface area contributed by atoms with Crippen molar-refractivity contribution in [2.24, 2.45) is 5.73 Å². The lowest BCUT2D eigenvalue weighted by atomic mass is 10.0. The Balaban J connectivity index is 2.13. The van der Waals surface area contributed by atoms with Crippen molar-refractivity contribution >= 4 is 27.3 Å². The van der Waals surface area contributed by atoms with Gasteiger partial charge in [0.15, 0.2) is 0 Å². The topological polar surface area (TPSA) is 38.5 Å². The molecule has 1 fully saturated rings. The number of likely N-dealkylation sites (N-methyl/N-ethyl adjacent to an activating group) is 1. The van der Waals surface area contributed by atoms with Crippen molar-refractivity contribution in [2.45, 2.75) is 37.9 Å². The first-order valence-electron chi connectivity index (χ1n) is 6.38. The van der Waals surface area contributed by atoms with Crippen LogP contribution in [-0.2, 0) is 4.74 Å². The van der Waals surface area contributed by atoms with E-state index in [1.165, 1.54) is 4.88 Å². The standard InChI is InChI=1S/C13H21BrN2OS/c1-9(15)13(12-7-10(14)8-18-12)16(2)11-3-5-17-6-4-11/h7-9,11,13H,3-6,15H2,1-2H3. The Labute approximate surface area is 121 Å². The Kier molecular flexibility index (Phi) is 5.21. The molecule has 2 unspecified atom stereocenters. The van der Waals surface area contributed by atoms with Crippen LogP contribution < -0.4 is 5.73 Å². The summed E-state index contributed by atoms with van der Waals surface area (Å²) in [5.41, 5.74) is 6.20. The molecule has 0 bridgehead atoms. The third-order valence-electron chi connectivity index (χ3n) is 3.58. The Morgan fingerprint density at radius 3 is 2.67 bits per heavy atom. The molecule has 2 rings (SSSR count). The second kappa shape index (κ2) is 6.48. The highest BCUT2D eigenvalue weighted by Gasteiger charge is 2.29. The van der Waals surface area contributed by atoms with E-state index in [0.717, 1.165) is 30.5 Å². The summed E-state index contributed by atoms with van der Waals surface area (Å²) in [5, 5.41) is 2.13. The summed E-state index contributed by atoms with van der Waals surface area (Å²) in [6, 6.07) is 3.19. The van der Waals surface area contributed by atoms with E-state index in [9.17, 15) is 0 Å². The van der Waals surface area contributed by atoms with Crippen molar-refractivity contribution in [1.29, 1.82) is 0 Å². The molecular weight excluding hydrogens is 312 g/mol. The van der Waals surface area contributed by atoms with Crippen LogP contribution in [-0.4, -0.2) is 37.2 Å². The molecule has 1 aliphatic heterocycles. The van der Waals surface area contributed by atoms with Crippen molar-refractivity contribution in [3.05, 3.63) is 20.8 Å². The molecule has 0 aromatic carbocycles. The first-order valence-corrected chi connectivity index (χ1v) is 8.06. The molecule has 1 saturated heterocycles. The minimum absolute atomic E-state index is 0.128. The average Bonchev–Trinajstić information content (AvgIpc) is 2.76. The van der Waals surface area contributed by atoms with Gasteiger partial charge in [-0.3, -0.25) is 4.90 Å². The van der Waals surface area contributed by atoms with Gasteiger partial charge in [-0.25, -0.2) is 0 Å². The molecule has 2 atom stereocenters. The zero-order chi connectivity index (χ0) is 13.1. The number of nitrogens with two attached hydrogens (primary N) is 1. The quantitative estimate of drug-likeness (QED) is 0.921. The van der Waals surface area contributed by atoms with E-state index in [4.69, 9.17) is 10.5 Å². The zero-order valence-corrected chi connectivity index (χ0v) is 13.3. The molecule has 1 aromatic rings. The van der Waals surface area contributed by atoms with Gasteiger partial charge in [-0.05, 0) is 48.8 Å². The average molecular weight is 333 g/mol. The van der Waals surface area contributed by atoms with Gasteiger partial charge in [-0.2, -0.15) is 0 Å². The molecule has 2 heterocycles. The lowest BCUT2D eigenvalue weighted by Crippen LogP contribution is -2.44. The largest absolute Gasteiger partial charge is 0.381 e. The molecule has 5 heteroatoms. The SMILES string of the molecule is CC(N)C(c1cc(Br)cs1)N(C)C1CCOCC1. The molecule has 0 aliphatic carbocycles. The van der Waals surface area contributed by atoms with Gasteiger partial charge in [-0.1, -0.05) is 0 Å². The first kappa shape index (κ1) is 14.5. The van der Waals surface area contributed by atoms with Crippen molar-refractivity contribution < 1.29 is 4.74 Å². The number of halogens is 1. The van der Waals surface area contributed by atoms with E-state index in [1.54, 1.807) is 11.3 Å². The highest BCUT2D eigenvalue weighted by atomic mass is 79.9. The van der Waals surface area contributed by atoms with Gasteiger partial charge in [0.2, 0.25) is 0 Å². The highest BCUT2D eigenvalue weighted by Crippen LogP contribution is 2.33.